The second-order valence-electron chi connectivity index (χ2n) is 7.08. The first kappa shape index (κ1) is 18.5. The summed E-state index contributed by atoms with van der Waals surface area (Å²) < 4.78 is 12.3. The van der Waals surface area contributed by atoms with Crippen LogP contribution in [0.1, 0.15) is 28.9 Å². The van der Waals surface area contributed by atoms with Crippen LogP contribution in [0.5, 0.6) is 5.75 Å². The molecule has 2 aromatic rings. The zero-order chi connectivity index (χ0) is 19.5. The highest BCUT2D eigenvalue weighted by Crippen LogP contribution is 2.23. The summed E-state index contributed by atoms with van der Waals surface area (Å²) in [5, 5.41) is 7.27. The van der Waals surface area contributed by atoms with Gasteiger partial charge in [-0.15, -0.1) is 0 Å². The van der Waals surface area contributed by atoms with E-state index in [2.05, 4.69) is 10.4 Å². The van der Waals surface area contributed by atoms with Gasteiger partial charge in [0.1, 0.15) is 5.75 Å². The standard InChI is InChI=1S/C20H24N4O4/c1-27-16-5-3-15(4-6-16)22-19(25)17-11-21-24-9-2-8-23(12-18(17)24)20(26)14-7-10-28-13-14/h3-6,11,14H,2,7-10,12-13H2,1H3,(H,22,25). The van der Waals surface area contributed by atoms with Crippen molar-refractivity contribution in [2.45, 2.75) is 25.9 Å². The van der Waals surface area contributed by atoms with Gasteiger partial charge in [-0.25, -0.2) is 0 Å². The Kier molecular flexibility index (Phi) is 5.29. The molecular formula is C20H24N4O4. The minimum Gasteiger partial charge on any atom is -0.497 e. The lowest BCUT2D eigenvalue weighted by Crippen LogP contribution is -2.36. The minimum absolute atomic E-state index is 0.0777. The first-order valence-electron chi connectivity index (χ1n) is 9.52. The number of methoxy groups -OCH3 is 1. The molecule has 0 saturated carbocycles. The number of hydrogen-bond donors (Lipinski definition) is 1. The smallest absolute Gasteiger partial charge is 0.259 e. The van der Waals surface area contributed by atoms with Gasteiger partial charge in [0.2, 0.25) is 5.91 Å². The van der Waals surface area contributed by atoms with E-state index >= 15 is 0 Å². The number of amides is 2. The second kappa shape index (κ2) is 8.02. The SMILES string of the molecule is COc1ccc(NC(=O)c2cnn3c2CN(C(=O)C2CCOC2)CCC3)cc1. The highest BCUT2D eigenvalue weighted by molar-refractivity contribution is 6.05. The van der Waals surface area contributed by atoms with Crippen molar-refractivity contribution in [1.82, 2.24) is 14.7 Å². The van der Waals surface area contributed by atoms with Crippen LogP contribution in [0.2, 0.25) is 0 Å². The predicted octanol–water partition coefficient (Wildman–Crippen LogP) is 1.91. The molecule has 0 bridgehead atoms. The number of anilines is 1. The number of nitrogens with one attached hydrogen (secondary N) is 1. The monoisotopic (exact) mass is 384 g/mol. The van der Waals surface area contributed by atoms with Gasteiger partial charge in [-0.05, 0) is 37.1 Å². The fraction of sp³-hybridized carbons (Fsp3) is 0.450. The number of ether oxygens (including phenoxy) is 2. The first-order valence-corrected chi connectivity index (χ1v) is 9.52. The molecule has 0 spiro atoms. The lowest BCUT2D eigenvalue weighted by molar-refractivity contribution is -0.136. The van der Waals surface area contributed by atoms with Crippen LogP contribution >= 0.6 is 0 Å². The average Bonchev–Trinajstić information content (AvgIpc) is 3.34. The number of benzene rings is 1. The Hall–Kier alpha value is -2.87. The Bertz CT molecular complexity index is 856. The van der Waals surface area contributed by atoms with Crippen LogP contribution in [0, 0.1) is 5.92 Å². The number of carbonyl (C=O) groups excluding carboxylic acids is 2. The van der Waals surface area contributed by atoms with Gasteiger partial charge in [0, 0.05) is 25.4 Å². The molecule has 2 aliphatic rings. The van der Waals surface area contributed by atoms with E-state index in [0.717, 1.165) is 24.3 Å². The number of nitrogens with zero attached hydrogens (tertiary/aromatic N) is 3. The molecule has 8 nitrogen and oxygen atoms in total. The maximum Gasteiger partial charge on any atom is 0.259 e. The summed E-state index contributed by atoms with van der Waals surface area (Å²) in [5.41, 5.74) is 1.95. The molecule has 148 valence electrons. The van der Waals surface area contributed by atoms with Gasteiger partial charge in [-0.3, -0.25) is 14.3 Å². The lowest BCUT2D eigenvalue weighted by Gasteiger charge is -2.23. The van der Waals surface area contributed by atoms with Crippen molar-refractivity contribution in [1.29, 1.82) is 0 Å². The Balaban J connectivity index is 1.51. The quantitative estimate of drug-likeness (QED) is 0.870. The van der Waals surface area contributed by atoms with E-state index in [9.17, 15) is 9.59 Å². The van der Waals surface area contributed by atoms with Gasteiger partial charge >= 0.3 is 0 Å². The van der Waals surface area contributed by atoms with Crippen molar-refractivity contribution in [3.63, 3.8) is 0 Å². The largest absolute Gasteiger partial charge is 0.497 e. The van der Waals surface area contributed by atoms with Crippen LogP contribution in [0.3, 0.4) is 0 Å². The molecular weight excluding hydrogens is 360 g/mol. The number of fused-ring (bicyclic) bond motifs is 1. The van der Waals surface area contributed by atoms with E-state index in [-0.39, 0.29) is 17.7 Å². The molecule has 0 aliphatic carbocycles. The first-order chi connectivity index (χ1) is 13.7. The maximum atomic E-state index is 12.8. The summed E-state index contributed by atoms with van der Waals surface area (Å²) in [5.74, 6) is 0.520. The summed E-state index contributed by atoms with van der Waals surface area (Å²) in [6.45, 7) is 2.87. The zero-order valence-electron chi connectivity index (χ0n) is 15.9. The predicted molar refractivity (Wildman–Crippen MR) is 102 cm³/mol. The summed E-state index contributed by atoms with van der Waals surface area (Å²) in [4.78, 5) is 27.5. The van der Waals surface area contributed by atoms with Gasteiger partial charge in [-0.2, -0.15) is 5.10 Å². The van der Waals surface area contributed by atoms with Gasteiger partial charge in [0.15, 0.2) is 0 Å². The van der Waals surface area contributed by atoms with E-state index in [1.807, 2.05) is 9.58 Å². The number of carbonyl (C=O) groups is 2. The van der Waals surface area contributed by atoms with Crippen molar-refractivity contribution in [3.8, 4) is 5.75 Å². The van der Waals surface area contributed by atoms with Crippen molar-refractivity contribution in [2.75, 3.05) is 32.2 Å². The van der Waals surface area contributed by atoms with Crippen molar-refractivity contribution in [2.24, 2.45) is 5.92 Å². The van der Waals surface area contributed by atoms with Gasteiger partial charge in [0.05, 0.1) is 43.6 Å². The second-order valence-corrected chi connectivity index (χ2v) is 7.08. The van der Waals surface area contributed by atoms with E-state index < -0.39 is 0 Å². The van der Waals surface area contributed by atoms with E-state index in [1.165, 1.54) is 0 Å². The molecule has 1 aromatic carbocycles. The molecule has 1 unspecified atom stereocenters. The zero-order valence-corrected chi connectivity index (χ0v) is 15.9. The molecule has 8 heteroatoms. The number of aromatic nitrogens is 2. The third-order valence-corrected chi connectivity index (χ3v) is 5.27. The fourth-order valence-electron chi connectivity index (χ4n) is 3.68. The molecule has 1 fully saturated rings. The van der Waals surface area contributed by atoms with Crippen molar-refractivity contribution >= 4 is 17.5 Å². The van der Waals surface area contributed by atoms with Gasteiger partial charge in [0.25, 0.3) is 5.91 Å². The molecule has 1 aromatic heterocycles. The highest BCUT2D eigenvalue weighted by atomic mass is 16.5. The summed E-state index contributed by atoms with van der Waals surface area (Å²) in [7, 11) is 1.60. The van der Waals surface area contributed by atoms with Crippen LogP contribution in [0.25, 0.3) is 0 Å². The topological polar surface area (TPSA) is 85.7 Å². The van der Waals surface area contributed by atoms with Crippen LogP contribution in [0.4, 0.5) is 5.69 Å². The maximum absolute atomic E-state index is 12.8. The van der Waals surface area contributed by atoms with Crippen molar-refractivity contribution < 1.29 is 19.1 Å². The Morgan fingerprint density at radius 1 is 1.25 bits per heavy atom. The molecule has 2 amide bonds. The normalized spacial score (nSPS) is 19.0. The fourth-order valence-corrected chi connectivity index (χ4v) is 3.68. The molecule has 1 N–H and O–H groups in total. The van der Waals surface area contributed by atoms with Crippen LogP contribution < -0.4 is 10.1 Å². The van der Waals surface area contributed by atoms with Crippen molar-refractivity contribution in [3.05, 3.63) is 41.7 Å². The number of hydrogen-bond acceptors (Lipinski definition) is 5. The molecule has 4 rings (SSSR count). The third-order valence-electron chi connectivity index (χ3n) is 5.27. The van der Waals surface area contributed by atoms with Crippen LogP contribution in [-0.2, 0) is 22.6 Å². The van der Waals surface area contributed by atoms with E-state index in [4.69, 9.17) is 9.47 Å². The molecule has 2 aliphatic heterocycles. The van der Waals surface area contributed by atoms with E-state index in [1.54, 1.807) is 37.6 Å². The molecule has 1 atom stereocenters. The molecule has 28 heavy (non-hydrogen) atoms. The average molecular weight is 384 g/mol. The Labute approximate surface area is 163 Å². The third kappa shape index (κ3) is 3.73. The van der Waals surface area contributed by atoms with E-state index in [0.29, 0.717) is 44.1 Å². The lowest BCUT2D eigenvalue weighted by atomic mass is 10.1. The number of aryl methyl sites for hydroxylation is 1. The van der Waals surface area contributed by atoms with Crippen LogP contribution in [0.15, 0.2) is 30.5 Å². The Morgan fingerprint density at radius 3 is 2.79 bits per heavy atom. The van der Waals surface area contributed by atoms with Gasteiger partial charge < -0.3 is 19.7 Å². The number of rotatable bonds is 4. The highest BCUT2D eigenvalue weighted by Gasteiger charge is 2.31. The molecule has 1 saturated heterocycles. The van der Waals surface area contributed by atoms with Gasteiger partial charge in [-0.1, -0.05) is 0 Å². The minimum atomic E-state index is -0.232. The summed E-state index contributed by atoms with van der Waals surface area (Å²) >= 11 is 0. The molecule has 3 heterocycles. The summed E-state index contributed by atoms with van der Waals surface area (Å²) in [6, 6.07) is 7.15. The molecule has 0 radical (unpaired) electrons. The van der Waals surface area contributed by atoms with Crippen LogP contribution in [-0.4, -0.2) is 53.4 Å². The Morgan fingerprint density at radius 2 is 2.07 bits per heavy atom. The summed E-state index contributed by atoms with van der Waals surface area (Å²) in [6.07, 6.45) is 3.16.